The molecule has 2 aromatic rings. The van der Waals surface area contributed by atoms with Gasteiger partial charge in [-0.3, -0.25) is 14.9 Å². The normalized spacial score (nSPS) is 14.8. The second-order valence-electron chi connectivity index (χ2n) is 6.52. The van der Waals surface area contributed by atoms with E-state index in [-0.39, 0.29) is 46.6 Å². The molecule has 0 spiro atoms. The van der Waals surface area contributed by atoms with Crippen molar-refractivity contribution in [3.05, 3.63) is 57.1 Å². The molecule has 0 amide bonds. The number of hydrogen-bond acceptors (Lipinski definition) is 8. The second-order valence-corrected chi connectivity index (χ2v) is 8.84. The van der Waals surface area contributed by atoms with Gasteiger partial charge in [-0.2, -0.15) is 4.31 Å². The first-order valence-corrected chi connectivity index (χ1v) is 10.9. The fourth-order valence-corrected chi connectivity index (χ4v) is 4.80. The van der Waals surface area contributed by atoms with Gasteiger partial charge in [0.25, 0.3) is 5.69 Å². The van der Waals surface area contributed by atoms with Gasteiger partial charge in [0.1, 0.15) is 16.4 Å². The Labute approximate surface area is 183 Å². The van der Waals surface area contributed by atoms with E-state index in [1.165, 1.54) is 29.6 Å². The number of esters is 1. The molecule has 0 unspecified atom stereocenters. The molecule has 166 valence electrons. The van der Waals surface area contributed by atoms with Gasteiger partial charge in [-0.05, 0) is 23.8 Å². The number of non-ortho nitro benzene ring substituents is 1. The van der Waals surface area contributed by atoms with Crippen LogP contribution in [-0.2, 0) is 26.0 Å². The maximum atomic E-state index is 13.0. The summed E-state index contributed by atoms with van der Waals surface area (Å²) in [6, 6.07) is 7.84. The molecule has 10 nitrogen and oxygen atoms in total. The molecule has 0 bridgehead atoms. The molecule has 1 saturated heterocycles. The van der Waals surface area contributed by atoms with Gasteiger partial charge in [0.15, 0.2) is 0 Å². The highest BCUT2D eigenvalue weighted by atomic mass is 35.5. The van der Waals surface area contributed by atoms with Crippen LogP contribution < -0.4 is 9.47 Å². The van der Waals surface area contributed by atoms with E-state index in [1.807, 2.05) is 0 Å². The molecule has 1 fully saturated rings. The van der Waals surface area contributed by atoms with Crippen LogP contribution in [0.4, 0.5) is 5.69 Å². The number of carbonyl (C=O) groups is 1. The molecule has 0 N–H and O–H groups in total. The van der Waals surface area contributed by atoms with Crippen molar-refractivity contribution in [3.8, 4) is 11.5 Å². The summed E-state index contributed by atoms with van der Waals surface area (Å²) >= 11 is 5.94. The zero-order valence-corrected chi connectivity index (χ0v) is 18.0. The van der Waals surface area contributed by atoms with Crippen molar-refractivity contribution in [2.75, 3.05) is 33.4 Å². The molecule has 0 aliphatic carbocycles. The summed E-state index contributed by atoms with van der Waals surface area (Å²) < 4.78 is 42.9. The van der Waals surface area contributed by atoms with Gasteiger partial charge in [0.2, 0.25) is 10.0 Å². The lowest BCUT2D eigenvalue weighted by Crippen LogP contribution is -2.40. The molecule has 0 aromatic heterocycles. The third kappa shape index (κ3) is 5.31. The average Bonchev–Trinajstić information content (AvgIpc) is 2.75. The van der Waals surface area contributed by atoms with Crippen LogP contribution in [0.25, 0.3) is 0 Å². The number of nitro groups is 1. The summed E-state index contributed by atoms with van der Waals surface area (Å²) in [6.07, 6.45) is -0.247. The van der Waals surface area contributed by atoms with Crippen LogP contribution in [0, 0.1) is 10.1 Å². The molecule has 0 atom stereocenters. The topological polar surface area (TPSA) is 125 Å². The first kappa shape index (κ1) is 22.9. The first-order chi connectivity index (χ1) is 14.7. The zero-order chi connectivity index (χ0) is 22.6. The van der Waals surface area contributed by atoms with Crippen LogP contribution in [0.15, 0.2) is 41.3 Å². The van der Waals surface area contributed by atoms with Gasteiger partial charge >= 0.3 is 5.97 Å². The van der Waals surface area contributed by atoms with Crippen LogP contribution in [0.1, 0.15) is 5.56 Å². The van der Waals surface area contributed by atoms with Crippen LogP contribution in [0.3, 0.4) is 0 Å². The number of methoxy groups -OCH3 is 1. The second kappa shape index (κ2) is 9.60. The number of benzene rings is 2. The Hall–Kier alpha value is -2.73. The lowest BCUT2D eigenvalue weighted by molar-refractivity contribution is -0.384. The van der Waals surface area contributed by atoms with Crippen molar-refractivity contribution < 1.29 is 32.3 Å². The van der Waals surface area contributed by atoms with E-state index >= 15 is 0 Å². The third-order valence-corrected chi connectivity index (χ3v) is 6.73. The Morgan fingerprint density at radius 1 is 1.19 bits per heavy atom. The highest BCUT2D eigenvalue weighted by Gasteiger charge is 2.29. The van der Waals surface area contributed by atoms with E-state index in [1.54, 1.807) is 6.07 Å². The minimum Gasteiger partial charge on any atom is -0.495 e. The van der Waals surface area contributed by atoms with E-state index in [4.69, 9.17) is 25.8 Å². The third-order valence-electron chi connectivity index (χ3n) is 4.51. The molecule has 1 aliphatic rings. The molecule has 1 aliphatic heterocycles. The van der Waals surface area contributed by atoms with E-state index in [9.17, 15) is 23.3 Å². The van der Waals surface area contributed by atoms with Crippen LogP contribution >= 0.6 is 11.6 Å². The molecule has 31 heavy (non-hydrogen) atoms. The molecule has 3 rings (SSSR count). The molecule has 12 heteroatoms. The Bertz CT molecular complexity index is 1100. The predicted octanol–water partition coefficient (Wildman–Crippen LogP) is 2.43. The Morgan fingerprint density at radius 2 is 1.87 bits per heavy atom. The van der Waals surface area contributed by atoms with Crippen molar-refractivity contribution in [2.24, 2.45) is 0 Å². The van der Waals surface area contributed by atoms with E-state index < -0.39 is 20.9 Å². The lowest BCUT2D eigenvalue weighted by Gasteiger charge is -2.26. The van der Waals surface area contributed by atoms with Crippen molar-refractivity contribution in [3.63, 3.8) is 0 Å². The number of halogens is 1. The molecule has 0 saturated carbocycles. The number of morpholine rings is 1. The van der Waals surface area contributed by atoms with Gasteiger partial charge in [-0.25, -0.2) is 8.42 Å². The highest BCUT2D eigenvalue weighted by molar-refractivity contribution is 7.89. The fraction of sp³-hybridized carbons (Fsp3) is 0.316. The maximum Gasteiger partial charge on any atom is 0.315 e. The number of ether oxygens (including phenoxy) is 3. The lowest BCUT2D eigenvalue weighted by atomic mass is 10.1. The van der Waals surface area contributed by atoms with Gasteiger partial charge < -0.3 is 14.2 Å². The molecular weight excluding hydrogens is 452 g/mol. The molecule has 1 heterocycles. The smallest absolute Gasteiger partial charge is 0.315 e. The minimum absolute atomic E-state index is 0.0352. The summed E-state index contributed by atoms with van der Waals surface area (Å²) in [6.45, 7) is 1.03. The van der Waals surface area contributed by atoms with Crippen LogP contribution in [0.2, 0.25) is 5.02 Å². The summed E-state index contributed by atoms with van der Waals surface area (Å²) in [7, 11) is -2.49. The number of carbonyl (C=O) groups excluding carboxylic acids is 1. The van der Waals surface area contributed by atoms with E-state index in [0.717, 1.165) is 12.1 Å². The van der Waals surface area contributed by atoms with E-state index in [0.29, 0.717) is 18.8 Å². The first-order valence-electron chi connectivity index (χ1n) is 9.12. The molecular formula is C19H19ClN2O8S. The van der Waals surface area contributed by atoms with Gasteiger partial charge in [-0.1, -0.05) is 17.7 Å². The summed E-state index contributed by atoms with van der Waals surface area (Å²) in [5.41, 5.74) is 0.147. The fourth-order valence-electron chi connectivity index (χ4n) is 2.97. The van der Waals surface area contributed by atoms with Crippen LogP contribution in [0.5, 0.6) is 11.5 Å². The van der Waals surface area contributed by atoms with Crippen molar-refractivity contribution in [2.45, 2.75) is 11.3 Å². The van der Waals surface area contributed by atoms with Crippen molar-refractivity contribution in [1.82, 2.24) is 4.31 Å². The SMILES string of the molecule is COc1ccc(CC(=O)Oc2ccc([N+](=O)[O-])cc2Cl)cc1S(=O)(=O)N1CCOCC1. The van der Waals surface area contributed by atoms with Gasteiger partial charge in [0, 0.05) is 25.2 Å². The number of hydrogen-bond donors (Lipinski definition) is 0. The Kier molecular flexibility index (Phi) is 7.11. The zero-order valence-electron chi connectivity index (χ0n) is 16.4. The largest absolute Gasteiger partial charge is 0.495 e. The number of rotatable bonds is 7. The summed E-state index contributed by atoms with van der Waals surface area (Å²) in [5.74, 6) is -0.593. The van der Waals surface area contributed by atoms with Crippen LogP contribution in [-0.4, -0.2) is 57.0 Å². The standard InChI is InChI=1S/C19H19ClN2O8S/c1-28-17-4-2-13(10-18(17)31(26,27)21-6-8-29-9-7-21)11-19(23)30-16-5-3-14(22(24)25)12-15(16)20/h2-5,10,12H,6-9,11H2,1H3. The summed E-state index contributed by atoms with van der Waals surface area (Å²) in [5, 5.41) is 10.7. The quantitative estimate of drug-likeness (QED) is 0.261. The van der Waals surface area contributed by atoms with E-state index in [2.05, 4.69) is 0 Å². The molecule has 0 radical (unpaired) electrons. The average molecular weight is 471 g/mol. The van der Waals surface area contributed by atoms with Crippen molar-refractivity contribution >= 4 is 33.3 Å². The van der Waals surface area contributed by atoms with Gasteiger partial charge in [-0.15, -0.1) is 0 Å². The van der Waals surface area contributed by atoms with Crippen molar-refractivity contribution in [1.29, 1.82) is 0 Å². The Balaban J connectivity index is 1.80. The number of nitrogens with zero attached hydrogens (tertiary/aromatic N) is 2. The van der Waals surface area contributed by atoms with Gasteiger partial charge in [0.05, 0.1) is 36.7 Å². The summed E-state index contributed by atoms with van der Waals surface area (Å²) in [4.78, 5) is 22.4. The predicted molar refractivity (Wildman–Crippen MR) is 110 cm³/mol. The Morgan fingerprint density at radius 3 is 2.48 bits per heavy atom. The maximum absolute atomic E-state index is 13.0. The molecule has 2 aromatic carbocycles. The highest BCUT2D eigenvalue weighted by Crippen LogP contribution is 2.30. The number of nitro benzene ring substituents is 1. The monoisotopic (exact) mass is 470 g/mol. The number of sulfonamides is 1. The minimum atomic E-state index is -3.85.